The number of hydrogen-bond acceptors (Lipinski definition) is 4. The first kappa shape index (κ1) is 20.0. The molecule has 1 aromatic carbocycles. The average molecular weight is 368 g/mol. The van der Waals surface area contributed by atoms with Crippen LogP contribution < -0.4 is 10.1 Å². The van der Waals surface area contributed by atoms with Gasteiger partial charge in [-0.1, -0.05) is 13.0 Å². The number of carbonyl (C=O) groups excluding carboxylic acids is 1. The highest BCUT2D eigenvalue weighted by Crippen LogP contribution is 2.23. The van der Waals surface area contributed by atoms with Crippen molar-refractivity contribution in [2.24, 2.45) is 0 Å². The maximum absolute atomic E-state index is 12.2. The average Bonchev–Trinajstić information content (AvgIpc) is 2.62. The highest BCUT2D eigenvalue weighted by molar-refractivity contribution is 5.85. The number of benzene rings is 1. The van der Waals surface area contributed by atoms with Crippen molar-refractivity contribution in [1.29, 1.82) is 0 Å². The molecule has 0 aromatic heterocycles. The number of ether oxygens (including phenoxy) is 1. The Labute approximate surface area is 157 Å². The van der Waals surface area contributed by atoms with Gasteiger partial charge in [-0.2, -0.15) is 0 Å². The first-order chi connectivity index (χ1) is 11.7. The molecule has 5 nitrogen and oxygen atoms in total. The topological polar surface area (TPSA) is 44.8 Å². The van der Waals surface area contributed by atoms with E-state index in [4.69, 9.17) is 4.74 Å². The molecule has 1 unspecified atom stereocenters. The van der Waals surface area contributed by atoms with E-state index in [1.165, 1.54) is 17.5 Å². The van der Waals surface area contributed by atoms with Crippen LogP contribution in [-0.4, -0.2) is 61.6 Å². The van der Waals surface area contributed by atoms with Gasteiger partial charge in [-0.05, 0) is 49.1 Å². The van der Waals surface area contributed by atoms with Gasteiger partial charge in [0.15, 0.2) is 0 Å². The van der Waals surface area contributed by atoms with Crippen LogP contribution in [0.3, 0.4) is 0 Å². The Morgan fingerprint density at radius 2 is 2.12 bits per heavy atom. The number of hydrogen-bond donors (Lipinski definition) is 1. The Hall–Kier alpha value is -1.30. The Balaban J connectivity index is 0.00000225. The zero-order valence-electron chi connectivity index (χ0n) is 15.3. The third-order valence-corrected chi connectivity index (χ3v) is 5.24. The van der Waals surface area contributed by atoms with Gasteiger partial charge >= 0.3 is 0 Å². The number of halogens is 1. The summed E-state index contributed by atoms with van der Waals surface area (Å²) in [5, 5.41) is 3.16. The fraction of sp³-hybridized carbons (Fsp3) is 0.632. The smallest absolute Gasteiger partial charge is 0.236 e. The van der Waals surface area contributed by atoms with E-state index >= 15 is 0 Å². The van der Waals surface area contributed by atoms with Crippen LogP contribution >= 0.6 is 12.4 Å². The molecule has 0 saturated carbocycles. The van der Waals surface area contributed by atoms with Crippen molar-refractivity contribution in [3.8, 4) is 5.75 Å². The van der Waals surface area contributed by atoms with E-state index < -0.39 is 0 Å². The largest absolute Gasteiger partial charge is 0.497 e. The lowest BCUT2D eigenvalue weighted by Crippen LogP contribution is -2.56. The highest BCUT2D eigenvalue weighted by atomic mass is 35.5. The van der Waals surface area contributed by atoms with Crippen LogP contribution in [0.5, 0.6) is 5.75 Å². The van der Waals surface area contributed by atoms with E-state index in [0.29, 0.717) is 12.6 Å². The van der Waals surface area contributed by atoms with Crippen molar-refractivity contribution >= 4 is 18.3 Å². The molecular formula is C19H30ClN3O2. The molecule has 2 fully saturated rings. The quantitative estimate of drug-likeness (QED) is 0.865. The zero-order chi connectivity index (χ0) is 16.9. The Kier molecular flexibility index (Phi) is 7.54. The molecule has 6 heteroatoms. The SMILES string of the molecule is CCc1cc(OC)ccc1CN1CCCC(N2CCNCC2=O)C1.Cl. The zero-order valence-corrected chi connectivity index (χ0v) is 16.1. The van der Waals surface area contributed by atoms with Gasteiger partial charge in [0.05, 0.1) is 13.7 Å². The third kappa shape index (κ3) is 4.87. The van der Waals surface area contributed by atoms with Crippen molar-refractivity contribution in [2.75, 3.05) is 39.8 Å². The lowest BCUT2D eigenvalue weighted by atomic mass is 10.00. The second-order valence-electron chi connectivity index (χ2n) is 6.78. The van der Waals surface area contributed by atoms with Crippen LogP contribution in [0.15, 0.2) is 18.2 Å². The van der Waals surface area contributed by atoms with Crippen LogP contribution in [0.4, 0.5) is 0 Å². The number of likely N-dealkylation sites (tertiary alicyclic amines) is 1. The molecule has 0 radical (unpaired) electrons. The van der Waals surface area contributed by atoms with Gasteiger partial charge in [-0.15, -0.1) is 12.4 Å². The van der Waals surface area contributed by atoms with E-state index in [0.717, 1.165) is 51.3 Å². The van der Waals surface area contributed by atoms with Crippen molar-refractivity contribution in [1.82, 2.24) is 15.1 Å². The number of piperazine rings is 1. The lowest BCUT2D eigenvalue weighted by Gasteiger charge is -2.41. The minimum absolute atomic E-state index is 0. The molecule has 3 rings (SSSR count). The first-order valence-electron chi connectivity index (χ1n) is 9.09. The van der Waals surface area contributed by atoms with Crippen molar-refractivity contribution < 1.29 is 9.53 Å². The molecule has 2 saturated heterocycles. The number of amides is 1. The Morgan fingerprint density at radius 3 is 2.84 bits per heavy atom. The molecule has 1 aromatic rings. The van der Waals surface area contributed by atoms with Crippen LogP contribution in [0.1, 0.15) is 30.9 Å². The summed E-state index contributed by atoms with van der Waals surface area (Å²) in [7, 11) is 1.72. The van der Waals surface area contributed by atoms with E-state index in [2.05, 4.69) is 40.2 Å². The Morgan fingerprint density at radius 1 is 1.28 bits per heavy atom. The van der Waals surface area contributed by atoms with Crippen molar-refractivity contribution in [3.63, 3.8) is 0 Å². The fourth-order valence-corrected chi connectivity index (χ4v) is 3.89. The molecule has 25 heavy (non-hydrogen) atoms. The molecule has 0 bridgehead atoms. The van der Waals surface area contributed by atoms with E-state index in [1.54, 1.807) is 7.11 Å². The number of rotatable bonds is 5. The number of nitrogens with zero attached hydrogens (tertiary/aromatic N) is 2. The van der Waals surface area contributed by atoms with E-state index in [9.17, 15) is 4.79 Å². The molecule has 2 aliphatic heterocycles. The minimum atomic E-state index is 0. The summed E-state index contributed by atoms with van der Waals surface area (Å²) in [5.74, 6) is 1.19. The molecular weight excluding hydrogens is 338 g/mol. The molecule has 1 atom stereocenters. The van der Waals surface area contributed by atoms with Crippen molar-refractivity contribution in [2.45, 2.75) is 38.8 Å². The number of carbonyl (C=O) groups is 1. The van der Waals surface area contributed by atoms with Crippen LogP contribution in [0, 0.1) is 0 Å². The van der Waals surface area contributed by atoms with E-state index in [1.807, 2.05) is 0 Å². The predicted octanol–water partition coefficient (Wildman–Crippen LogP) is 2.08. The number of aryl methyl sites for hydroxylation is 1. The van der Waals surface area contributed by atoms with Gasteiger partial charge in [0.2, 0.25) is 5.91 Å². The van der Waals surface area contributed by atoms with Gasteiger partial charge in [0.25, 0.3) is 0 Å². The van der Waals surface area contributed by atoms with E-state index in [-0.39, 0.29) is 18.3 Å². The summed E-state index contributed by atoms with van der Waals surface area (Å²) in [6.45, 7) is 7.52. The minimum Gasteiger partial charge on any atom is -0.497 e. The second kappa shape index (κ2) is 9.41. The van der Waals surface area contributed by atoms with Gasteiger partial charge in [-0.3, -0.25) is 9.69 Å². The summed E-state index contributed by atoms with van der Waals surface area (Å²) >= 11 is 0. The second-order valence-corrected chi connectivity index (χ2v) is 6.78. The molecule has 0 aliphatic carbocycles. The molecule has 2 heterocycles. The van der Waals surface area contributed by atoms with Gasteiger partial charge in [0.1, 0.15) is 5.75 Å². The summed E-state index contributed by atoms with van der Waals surface area (Å²) in [6.07, 6.45) is 3.31. The lowest BCUT2D eigenvalue weighted by molar-refractivity contribution is -0.135. The monoisotopic (exact) mass is 367 g/mol. The van der Waals surface area contributed by atoms with Crippen LogP contribution in [0.25, 0.3) is 0 Å². The van der Waals surface area contributed by atoms with Crippen LogP contribution in [-0.2, 0) is 17.8 Å². The maximum atomic E-state index is 12.2. The summed E-state index contributed by atoms with van der Waals surface area (Å²) in [6, 6.07) is 6.76. The maximum Gasteiger partial charge on any atom is 0.236 e. The summed E-state index contributed by atoms with van der Waals surface area (Å²) < 4.78 is 5.35. The number of methoxy groups -OCH3 is 1. The van der Waals surface area contributed by atoms with Gasteiger partial charge < -0.3 is 15.0 Å². The molecule has 140 valence electrons. The summed E-state index contributed by atoms with van der Waals surface area (Å²) in [4.78, 5) is 16.8. The van der Waals surface area contributed by atoms with Crippen molar-refractivity contribution in [3.05, 3.63) is 29.3 Å². The number of nitrogens with one attached hydrogen (secondary N) is 1. The standard InChI is InChI=1S/C19H29N3O2.ClH/c1-3-15-11-18(24-2)7-6-16(15)13-21-9-4-5-17(14-21)22-10-8-20-12-19(22)23;/h6-7,11,17,20H,3-5,8-10,12-14H2,1-2H3;1H. The molecule has 1 amide bonds. The molecule has 2 aliphatic rings. The molecule has 1 N–H and O–H groups in total. The highest BCUT2D eigenvalue weighted by Gasteiger charge is 2.30. The van der Waals surface area contributed by atoms with Gasteiger partial charge in [0, 0.05) is 32.2 Å². The van der Waals surface area contributed by atoms with Gasteiger partial charge in [-0.25, -0.2) is 0 Å². The molecule has 0 spiro atoms. The Bertz CT molecular complexity index is 582. The number of piperidine rings is 1. The fourth-order valence-electron chi connectivity index (χ4n) is 3.89. The summed E-state index contributed by atoms with van der Waals surface area (Å²) in [5.41, 5.74) is 2.74. The predicted molar refractivity (Wildman–Crippen MR) is 103 cm³/mol. The third-order valence-electron chi connectivity index (χ3n) is 5.24. The first-order valence-corrected chi connectivity index (χ1v) is 9.09. The van der Waals surface area contributed by atoms with Crippen LogP contribution in [0.2, 0.25) is 0 Å². The normalized spacial score (nSPS) is 21.8.